The van der Waals surface area contributed by atoms with E-state index in [0.717, 1.165) is 36.1 Å². The van der Waals surface area contributed by atoms with Gasteiger partial charge in [0.05, 0.1) is 0 Å². The van der Waals surface area contributed by atoms with Gasteiger partial charge < -0.3 is 15.2 Å². The summed E-state index contributed by atoms with van der Waals surface area (Å²) in [5.74, 6) is -0.00245. The van der Waals surface area contributed by atoms with Crippen molar-refractivity contribution in [2.24, 2.45) is 0 Å². The van der Waals surface area contributed by atoms with Crippen LogP contribution in [0.1, 0.15) is 24.2 Å². The molecule has 2 rings (SSSR count). The molecule has 2 aromatic rings. The molecular formula is C15H21N3O. The lowest BCUT2D eigenvalue weighted by molar-refractivity contribution is 0.0950. The van der Waals surface area contributed by atoms with Crippen molar-refractivity contribution in [2.75, 3.05) is 26.2 Å². The van der Waals surface area contributed by atoms with Crippen molar-refractivity contribution in [1.29, 1.82) is 0 Å². The molecule has 102 valence electrons. The molecule has 0 radical (unpaired) electrons. The number of rotatable bonds is 6. The quantitative estimate of drug-likeness (QED) is 0.836. The van der Waals surface area contributed by atoms with Crippen molar-refractivity contribution in [3.05, 3.63) is 36.0 Å². The van der Waals surface area contributed by atoms with E-state index in [9.17, 15) is 4.79 Å². The van der Waals surface area contributed by atoms with Crippen LogP contribution in [0.5, 0.6) is 0 Å². The summed E-state index contributed by atoms with van der Waals surface area (Å²) < 4.78 is 0. The molecule has 0 saturated heterocycles. The van der Waals surface area contributed by atoms with Crippen molar-refractivity contribution in [3.63, 3.8) is 0 Å². The molecule has 1 amide bonds. The highest BCUT2D eigenvalue weighted by atomic mass is 16.1. The van der Waals surface area contributed by atoms with Gasteiger partial charge in [0, 0.05) is 35.8 Å². The highest BCUT2D eigenvalue weighted by molar-refractivity contribution is 6.06. The minimum Gasteiger partial charge on any atom is -0.361 e. The molecule has 1 aromatic carbocycles. The summed E-state index contributed by atoms with van der Waals surface area (Å²) in [4.78, 5) is 17.6. The molecular weight excluding hydrogens is 238 g/mol. The first-order valence-electron chi connectivity index (χ1n) is 6.83. The zero-order valence-electron chi connectivity index (χ0n) is 11.6. The van der Waals surface area contributed by atoms with E-state index < -0.39 is 0 Å². The van der Waals surface area contributed by atoms with E-state index in [2.05, 4.69) is 29.0 Å². The smallest absolute Gasteiger partial charge is 0.252 e. The van der Waals surface area contributed by atoms with Gasteiger partial charge in [-0.1, -0.05) is 19.9 Å². The minimum absolute atomic E-state index is 0.00245. The van der Waals surface area contributed by atoms with Gasteiger partial charge in [-0.25, -0.2) is 0 Å². The average Bonchev–Trinajstić information content (AvgIpc) is 2.91. The summed E-state index contributed by atoms with van der Waals surface area (Å²) in [7, 11) is 0. The van der Waals surface area contributed by atoms with Gasteiger partial charge >= 0.3 is 0 Å². The number of carbonyl (C=O) groups excluding carboxylic acids is 1. The molecule has 19 heavy (non-hydrogen) atoms. The van der Waals surface area contributed by atoms with Gasteiger partial charge in [-0.2, -0.15) is 0 Å². The molecule has 0 aliphatic carbocycles. The van der Waals surface area contributed by atoms with Gasteiger partial charge in [0.2, 0.25) is 0 Å². The van der Waals surface area contributed by atoms with E-state index in [1.165, 1.54) is 0 Å². The number of hydrogen-bond acceptors (Lipinski definition) is 2. The average molecular weight is 259 g/mol. The predicted molar refractivity (Wildman–Crippen MR) is 78.4 cm³/mol. The van der Waals surface area contributed by atoms with Crippen LogP contribution in [0.3, 0.4) is 0 Å². The van der Waals surface area contributed by atoms with E-state index >= 15 is 0 Å². The van der Waals surface area contributed by atoms with Crippen LogP contribution in [0.4, 0.5) is 0 Å². The Balaban J connectivity index is 1.98. The van der Waals surface area contributed by atoms with Crippen LogP contribution in [0.25, 0.3) is 10.9 Å². The molecule has 2 N–H and O–H groups in total. The van der Waals surface area contributed by atoms with E-state index in [1.54, 1.807) is 0 Å². The van der Waals surface area contributed by atoms with Gasteiger partial charge in [-0.3, -0.25) is 4.79 Å². The number of fused-ring (bicyclic) bond motifs is 1. The fourth-order valence-corrected chi connectivity index (χ4v) is 2.25. The fraction of sp³-hybridized carbons (Fsp3) is 0.400. The first-order valence-corrected chi connectivity index (χ1v) is 6.83. The van der Waals surface area contributed by atoms with E-state index in [4.69, 9.17) is 0 Å². The molecule has 4 heteroatoms. The van der Waals surface area contributed by atoms with Crippen molar-refractivity contribution in [3.8, 4) is 0 Å². The lowest BCUT2D eigenvalue weighted by Gasteiger charge is -2.18. The standard InChI is InChI=1S/C15H21N3O/c1-3-18(4-2)11-10-17-15(19)13-6-5-7-14-12(13)8-9-16-14/h5-9,16H,3-4,10-11H2,1-2H3,(H,17,19). The number of carbonyl (C=O) groups is 1. The number of nitrogens with zero attached hydrogens (tertiary/aromatic N) is 1. The number of likely N-dealkylation sites (N-methyl/N-ethyl adjacent to an activating group) is 1. The minimum atomic E-state index is -0.00245. The first-order chi connectivity index (χ1) is 9.26. The van der Waals surface area contributed by atoms with Gasteiger partial charge in [-0.05, 0) is 31.3 Å². The SMILES string of the molecule is CCN(CC)CCNC(=O)c1cccc2[nH]ccc12. The zero-order chi connectivity index (χ0) is 13.7. The Morgan fingerprint density at radius 3 is 2.79 bits per heavy atom. The normalized spacial score (nSPS) is 11.1. The Kier molecular flexibility index (Phi) is 4.58. The third-order valence-corrected chi connectivity index (χ3v) is 3.45. The number of aromatic nitrogens is 1. The van der Waals surface area contributed by atoms with Gasteiger partial charge in [0.15, 0.2) is 0 Å². The molecule has 0 aliphatic rings. The largest absolute Gasteiger partial charge is 0.361 e. The number of amides is 1. The summed E-state index contributed by atoms with van der Waals surface area (Å²) in [5.41, 5.74) is 1.73. The van der Waals surface area contributed by atoms with Crippen molar-refractivity contribution < 1.29 is 4.79 Å². The Hall–Kier alpha value is -1.81. The molecule has 0 unspecified atom stereocenters. The molecule has 0 saturated carbocycles. The molecule has 4 nitrogen and oxygen atoms in total. The molecule has 0 fully saturated rings. The molecule has 0 bridgehead atoms. The number of nitrogens with one attached hydrogen (secondary N) is 2. The van der Waals surface area contributed by atoms with Crippen molar-refractivity contribution in [2.45, 2.75) is 13.8 Å². The van der Waals surface area contributed by atoms with Crippen molar-refractivity contribution >= 4 is 16.8 Å². The molecule has 0 atom stereocenters. The third-order valence-electron chi connectivity index (χ3n) is 3.45. The second-order valence-corrected chi connectivity index (χ2v) is 4.53. The number of aromatic amines is 1. The van der Waals surface area contributed by atoms with Crippen LogP contribution in [0.2, 0.25) is 0 Å². The third kappa shape index (κ3) is 3.15. The summed E-state index contributed by atoms with van der Waals surface area (Å²) >= 11 is 0. The van der Waals surface area contributed by atoms with Crippen LogP contribution in [-0.4, -0.2) is 42.0 Å². The number of H-pyrrole nitrogens is 1. The summed E-state index contributed by atoms with van der Waals surface area (Å²) in [6.07, 6.45) is 1.86. The first kappa shape index (κ1) is 13.6. The van der Waals surface area contributed by atoms with Crippen LogP contribution in [0.15, 0.2) is 30.5 Å². The fourth-order valence-electron chi connectivity index (χ4n) is 2.25. The van der Waals surface area contributed by atoms with Gasteiger partial charge in [-0.15, -0.1) is 0 Å². The van der Waals surface area contributed by atoms with Gasteiger partial charge in [0.1, 0.15) is 0 Å². The molecule has 0 aliphatic heterocycles. The summed E-state index contributed by atoms with van der Waals surface area (Å²) in [6.45, 7) is 7.86. The van der Waals surface area contributed by atoms with Crippen LogP contribution >= 0.6 is 0 Å². The van der Waals surface area contributed by atoms with E-state index in [1.807, 2.05) is 30.5 Å². The van der Waals surface area contributed by atoms with Crippen LogP contribution in [-0.2, 0) is 0 Å². The second kappa shape index (κ2) is 6.38. The lowest BCUT2D eigenvalue weighted by atomic mass is 10.1. The van der Waals surface area contributed by atoms with E-state index in [0.29, 0.717) is 6.54 Å². The molecule has 1 aromatic heterocycles. The number of hydrogen-bond donors (Lipinski definition) is 2. The topological polar surface area (TPSA) is 48.1 Å². The highest BCUT2D eigenvalue weighted by Gasteiger charge is 2.10. The Labute approximate surface area is 113 Å². The maximum Gasteiger partial charge on any atom is 0.252 e. The van der Waals surface area contributed by atoms with Crippen molar-refractivity contribution in [1.82, 2.24) is 15.2 Å². The second-order valence-electron chi connectivity index (χ2n) is 4.53. The Bertz CT molecular complexity index is 543. The van der Waals surface area contributed by atoms with Crippen LogP contribution < -0.4 is 5.32 Å². The summed E-state index contributed by atoms with van der Waals surface area (Å²) in [6, 6.07) is 7.68. The molecule has 0 spiro atoms. The van der Waals surface area contributed by atoms with E-state index in [-0.39, 0.29) is 5.91 Å². The highest BCUT2D eigenvalue weighted by Crippen LogP contribution is 2.16. The van der Waals surface area contributed by atoms with Gasteiger partial charge in [0.25, 0.3) is 5.91 Å². The maximum atomic E-state index is 12.2. The van der Waals surface area contributed by atoms with Crippen LogP contribution in [0, 0.1) is 0 Å². The summed E-state index contributed by atoms with van der Waals surface area (Å²) in [5, 5.41) is 3.96. The maximum absolute atomic E-state index is 12.2. The predicted octanol–water partition coefficient (Wildman–Crippen LogP) is 2.24. The number of benzene rings is 1. The lowest BCUT2D eigenvalue weighted by Crippen LogP contribution is -2.34. The zero-order valence-corrected chi connectivity index (χ0v) is 11.6. The Morgan fingerprint density at radius 1 is 1.26 bits per heavy atom. The Morgan fingerprint density at radius 2 is 2.05 bits per heavy atom. The monoisotopic (exact) mass is 259 g/mol. The molecule has 1 heterocycles.